The van der Waals surface area contributed by atoms with Gasteiger partial charge in [0.15, 0.2) is 0 Å². The highest BCUT2D eigenvalue weighted by atomic mass is 32.1. The molecule has 1 fully saturated rings. The first-order valence-corrected chi connectivity index (χ1v) is 7.01. The molecule has 94 valence electrons. The summed E-state index contributed by atoms with van der Waals surface area (Å²) in [5, 5.41) is 1.04. The van der Waals surface area contributed by atoms with Gasteiger partial charge in [-0.05, 0) is 30.5 Å². The van der Waals surface area contributed by atoms with Crippen LogP contribution in [0.5, 0.6) is 0 Å². The van der Waals surface area contributed by atoms with Crippen LogP contribution >= 0.6 is 11.3 Å². The SMILES string of the molecule is NCc1sc(Cc2cccc(F)c2)nc1C1CC1. The molecular formula is C14H15FN2S. The van der Waals surface area contributed by atoms with Gasteiger partial charge in [-0.1, -0.05) is 12.1 Å². The number of hydrogen-bond donors (Lipinski definition) is 1. The van der Waals surface area contributed by atoms with Crippen LogP contribution in [0, 0.1) is 5.82 Å². The molecule has 2 N–H and O–H groups in total. The zero-order valence-corrected chi connectivity index (χ0v) is 10.8. The van der Waals surface area contributed by atoms with Gasteiger partial charge in [0, 0.05) is 23.8 Å². The van der Waals surface area contributed by atoms with Gasteiger partial charge in [-0.3, -0.25) is 0 Å². The minimum atomic E-state index is -0.189. The first kappa shape index (κ1) is 11.8. The largest absolute Gasteiger partial charge is 0.326 e. The molecule has 1 saturated carbocycles. The van der Waals surface area contributed by atoms with E-state index >= 15 is 0 Å². The number of benzene rings is 1. The van der Waals surface area contributed by atoms with Crippen LogP contribution in [0.4, 0.5) is 4.39 Å². The number of thiazole rings is 1. The zero-order valence-electron chi connectivity index (χ0n) is 10.0. The summed E-state index contributed by atoms with van der Waals surface area (Å²) >= 11 is 1.67. The van der Waals surface area contributed by atoms with E-state index < -0.39 is 0 Å². The van der Waals surface area contributed by atoms with E-state index in [-0.39, 0.29) is 5.82 Å². The van der Waals surface area contributed by atoms with Crippen LogP contribution in [0.1, 0.15) is 39.9 Å². The molecule has 0 atom stereocenters. The average molecular weight is 262 g/mol. The number of hydrogen-bond acceptors (Lipinski definition) is 3. The molecule has 3 rings (SSSR count). The lowest BCUT2D eigenvalue weighted by atomic mass is 10.1. The minimum absolute atomic E-state index is 0.189. The maximum absolute atomic E-state index is 13.1. The van der Waals surface area contributed by atoms with Crippen molar-refractivity contribution >= 4 is 11.3 Å². The van der Waals surface area contributed by atoms with Gasteiger partial charge in [0.1, 0.15) is 5.82 Å². The Hall–Kier alpha value is -1.26. The summed E-state index contributed by atoms with van der Waals surface area (Å²) in [4.78, 5) is 5.88. The number of aromatic nitrogens is 1. The highest BCUT2D eigenvalue weighted by molar-refractivity contribution is 7.11. The third-order valence-electron chi connectivity index (χ3n) is 3.17. The molecule has 0 unspecified atom stereocenters. The molecule has 18 heavy (non-hydrogen) atoms. The van der Waals surface area contributed by atoms with E-state index in [1.807, 2.05) is 6.07 Å². The van der Waals surface area contributed by atoms with E-state index in [4.69, 9.17) is 5.73 Å². The number of rotatable bonds is 4. The summed E-state index contributed by atoms with van der Waals surface area (Å²) in [6.45, 7) is 0.562. The van der Waals surface area contributed by atoms with E-state index in [2.05, 4.69) is 4.98 Å². The van der Waals surface area contributed by atoms with Crippen molar-refractivity contribution < 1.29 is 4.39 Å². The Bertz CT molecular complexity index is 561. The summed E-state index contributed by atoms with van der Waals surface area (Å²) in [7, 11) is 0. The van der Waals surface area contributed by atoms with E-state index in [1.165, 1.54) is 29.5 Å². The van der Waals surface area contributed by atoms with Crippen molar-refractivity contribution in [1.29, 1.82) is 0 Å². The van der Waals surface area contributed by atoms with Gasteiger partial charge < -0.3 is 5.73 Å². The molecule has 1 aromatic carbocycles. The lowest BCUT2D eigenvalue weighted by Gasteiger charge is -1.97. The molecular weight excluding hydrogens is 247 g/mol. The maximum atomic E-state index is 13.1. The van der Waals surface area contributed by atoms with Crippen molar-refractivity contribution in [1.82, 2.24) is 4.98 Å². The molecule has 4 heteroatoms. The standard InChI is InChI=1S/C14H15FN2S/c15-11-3-1-2-9(6-11)7-13-17-14(10-4-5-10)12(8-16)18-13/h1-3,6,10H,4-5,7-8,16H2. The third-order valence-corrected chi connectivity index (χ3v) is 4.26. The Kier molecular flexibility index (Phi) is 3.14. The van der Waals surface area contributed by atoms with Gasteiger partial charge in [-0.15, -0.1) is 11.3 Å². The first-order chi connectivity index (χ1) is 8.76. The molecule has 2 aromatic rings. The smallest absolute Gasteiger partial charge is 0.123 e. The summed E-state index contributed by atoms with van der Waals surface area (Å²) in [6.07, 6.45) is 3.16. The van der Waals surface area contributed by atoms with E-state index in [1.54, 1.807) is 23.5 Å². The predicted octanol–water partition coefficient (Wildman–Crippen LogP) is 3.21. The number of halogens is 1. The van der Waals surface area contributed by atoms with Crippen LogP contribution in [0.15, 0.2) is 24.3 Å². The van der Waals surface area contributed by atoms with Gasteiger partial charge in [0.05, 0.1) is 10.7 Å². The average Bonchev–Trinajstić information content (AvgIpc) is 3.11. The first-order valence-electron chi connectivity index (χ1n) is 6.19. The second kappa shape index (κ2) is 4.78. The Morgan fingerprint density at radius 1 is 1.39 bits per heavy atom. The molecule has 0 amide bonds. The number of nitrogens with two attached hydrogens (primary N) is 1. The summed E-state index contributed by atoms with van der Waals surface area (Å²) < 4.78 is 13.1. The Labute approximate surface area is 110 Å². The van der Waals surface area contributed by atoms with E-state index in [0.717, 1.165) is 10.6 Å². The lowest BCUT2D eigenvalue weighted by molar-refractivity contribution is 0.626. The van der Waals surface area contributed by atoms with Gasteiger partial charge in [0.25, 0.3) is 0 Å². The predicted molar refractivity (Wildman–Crippen MR) is 71.2 cm³/mol. The lowest BCUT2D eigenvalue weighted by Crippen LogP contribution is -1.97. The van der Waals surface area contributed by atoms with Crippen LogP contribution in [0.25, 0.3) is 0 Å². The number of nitrogens with zero attached hydrogens (tertiary/aromatic N) is 1. The molecule has 0 spiro atoms. The molecule has 1 aliphatic rings. The minimum Gasteiger partial charge on any atom is -0.326 e. The van der Waals surface area contributed by atoms with Crippen LogP contribution in [-0.2, 0) is 13.0 Å². The Morgan fingerprint density at radius 2 is 2.22 bits per heavy atom. The second-order valence-electron chi connectivity index (χ2n) is 4.70. The van der Waals surface area contributed by atoms with Crippen molar-refractivity contribution in [3.63, 3.8) is 0 Å². The summed E-state index contributed by atoms with van der Waals surface area (Å²) in [6, 6.07) is 6.71. The van der Waals surface area contributed by atoms with Crippen molar-refractivity contribution in [2.24, 2.45) is 5.73 Å². The van der Waals surface area contributed by atoms with Crippen molar-refractivity contribution in [2.75, 3.05) is 0 Å². The zero-order chi connectivity index (χ0) is 12.5. The molecule has 1 heterocycles. The maximum Gasteiger partial charge on any atom is 0.123 e. The van der Waals surface area contributed by atoms with Crippen LogP contribution < -0.4 is 5.73 Å². The Morgan fingerprint density at radius 3 is 2.89 bits per heavy atom. The highest BCUT2D eigenvalue weighted by Gasteiger charge is 2.29. The van der Waals surface area contributed by atoms with Gasteiger partial charge in [-0.2, -0.15) is 0 Å². The van der Waals surface area contributed by atoms with Gasteiger partial charge >= 0.3 is 0 Å². The van der Waals surface area contributed by atoms with Gasteiger partial charge in [0.2, 0.25) is 0 Å². The normalized spacial score (nSPS) is 15.0. The Balaban J connectivity index is 1.84. The molecule has 0 bridgehead atoms. The highest BCUT2D eigenvalue weighted by Crippen LogP contribution is 2.42. The third kappa shape index (κ3) is 2.44. The van der Waals surface area contributed by atoms with E-state index in [9.17, 15) is 4.39 Å². The molecule has 2 nitrogen and oxygen atoms in total. The molecule has 1 aromatic heterocycles. The fraction of sp³-hybridized carbons (Fsp3) is 0.357. The molecule has 0 radical (unpaired) electrons. The molecule has 1 aliphatic carbocycles. The second-order valence-corrected chi connectivity index (χ2v) is 5.87. The quantitative estimate of drug-likeness (QED) is 0.919. The van der Waals surface area contributed by atoms with Crippen LogP contribution in [0.2, 0.25) is 0 Å². The van der Waals surface area contributed by atoms with Crippen LogP contribution in [-0.4, -0.2) is 4.98 Å². The van der Waals surface area contributed by atoms with Crippen LogP contribution in [0.3, 0.4) is 0 Å². The fourth-order valence-corrected chi connectivity index (χ4v) is 3.20. The van der Waals surface area contributed by atoms with E-state index in [0.29, 0.717) is 18.9 Å². The molecule has 0 saturated heterocycles. The van der Waals surface area contributed by atoms with Crippen molar-refractivity contribution in [3.8, 4) is 0 Å². The summed E-state index contributed by atoms with van der Waals surface area (Å²) in [5.74, 6) is 0.437. The summed E-state index contributed by atoms with van der Waals surface area (Å²) in [5.41, 5.74) is 7.91. The van der Waals surface area contributed by atoms with Gasteiger partial charge in [-0.25, -0.2) is 9.37 Å². The monoisotopic (exact) mass is 262 g/mol. The van der Waals surface area contributed by atoms with Crippen molar-refractivity contribution in [2.45, 2.75) is 31.7 Å². The van der Waals surface area contributed by atoms with Crippen molar-refractivity contribution in [3.05, 3.63) is 51.2 Å². The molecule has 0 aliphatic heterocycles. The fourth-order valence-electron chi connectivity index (χ4n) is 2.13. The topological polar surface area (TPSA) is 38.9 Å².